The highest BCUT2D eigenvalue weighted by atomic mass is 32.1. The summed E-state index contributed by atoms with van der Waals surface area (Å²) >= 11 is 1.65. The summed E-state index contributed by atoms with van der Waals surface area (Å²) in [6.07, 6.45) is 5.58. The van der Waals surface area contributed by atoms with Gasteiger partial charge in [0.2, 0.25) is 0 Å². The van der Waals surface area contributed by atoms with Gasteiger partial charge in [-0.25, -0.2) is 9.78 Å². The minimum Gasteiger partial charge on any atom is -0.456 e. The van der Waals surface area contributed by atoms with E-state index in [4.69, 9.17) is 4.74 Å². The van der Waals surface area contributed by atoms with Crippen molar-refractivity contribution in [2.75, 3.05) is 13.1 Å². The van der Waals surface area contributed by atoms with Crippen LogP contribution in [0.3, 0.4) is 0 Å². The Hall–Kier alpha value is -2.25. The zero-order valence-corrected chi connectivity index (χ0v) is 15.9. The number of hydrogen-bond donors (Lipinski definition) is 1. The average Bonchev–Trinajstić information content (AvgIpc) is 3.25. The number of aryl methyl sites for hydroxylation is 1. The molecular formula is C20H20N4O2S. The van der Waals surface area contributed by atoms with Gasteiger partial charge >= 0.3 is 5.97 Å². The molecule has 0 radical (unpaired) electrons. The smallest absolute Gasteiger partial charge is 0.359 e. The van der Waals surface area contributed by atoms with Crippen LogP contribution in [0.2, 0.25) is 0 Å². The number of fused-ring (bicyclic) bond motifs is 1. The molecule has 2 aromatic heterocycles. The van der Waals surface area contributed by atoms with Crippen molar-refractivity contribution in [1.82, 2.24) is 20.1 Å². The summed E-state index contributed by atoms with van der Waals surface area (Å²) < 4.78 is 5.92. The van der Waals surface area contributed by atoms with Crippen LogP contribution in [0.15, 0.2) is 24.4 Å². The van der Waals surface area contributed by atoms with Crippen molar-refractivity contribution in [1.29, 1.82) is 0 Å². The number of carbonyl (C=O) groups is 1. The van der Waals surface area contributed by atoms with Crippen LogP contribution in [-0.4, -0.2) is 50.8 Å². The topological polar surface area (TPSA) is 71.1 Å². The van der Waals surface area contributed by atoms with Gasteiger partial charge in [0.05, 0.1) is 5.52 Å². The van der Waals surface area contributed by atoms with Gasteiger partial charge in [-0.15, -0.1) is 11.3 Å². The van der Waals surface area contributed by atoms with E-state index in [2.05, 4.69) is 20.1 Å². The number of esters is 1. The van der Waals surface area contributed by atoms with Crippen LogP contribution >= 0.6 is 11.3 Å². The molecule has 2 aliphatic heterocycles. The summed E-state index contributed by atoms with van der Waals surface area (Å²) in [6.45, 7) is 4.07. The maximum absolute atomic E-state index is 12.8. The lowest BCUT2D eigenvalue weighted by Gasteiger charge is -2.57. The molecule has 2 saturated heterocycles. The zero-order valence-electron chi connectivity index (χ0n) is 15.1. The van der Waals surface area contributed by atoms with E-state index in [1.54, 1.807) is 11.3 Å². The molecule has 3 aliphatic rings. The third-order valence-electron chi connectivity index (χ3n) is 6.75. The maximum Gasteiger partial charge on any atom is 0.359 e. The van der Waals surface area contributed by atoms with Crippen molar-refractivity contribution in [3.05, 3.63) is 35.0 Å². The second kappa shape index (κ2) is 5.39. The second-order valence-corrected chi connectivity index (χ2v) is 9.23. The summed E-state index contributed by atoms with van der Waals surface area (Å²) in [7, 11) is 0. The van der Waals surface area contributed by atoms with E-state index >= 15 is 0 Å². The third-order valence-corrected chi connectivity index (χ3v) is 7.72. The van der Waals surface area contributed by atoms with E-state index in [1.807, 2.05) is 31.3 Å². The second-order valence-electron chi connectivity index (χ2n) is 8.00. The fraction of sp³-hybridized carbons (Fsp3) is 0.450. The molecule has 6 nitrogen and oxygen atoms in total. The molecule has 0 amide bonds. The van der Waals surface area contributed by atoms with Crippen LogP contribution in [-0.2, 0) is 4.74 Å². The molecule has 3 unspecified atom stereocenters. The molecule has 0 bridgehead atoms. The molecule has 1 N–H and O–H groups in total. The van der Waals surface area contributed by atoms with Gasteiger partial charge in [-0.3, -0.25) is 10.00 Å². The van der Waals surface area contributed by atoms with E-state index in [9.17, 15) is 4.79 Å². The Bertz CT molecular complexity index is 1070. The molecular weight excluding hydrogens is 360 g/mol. The lowest BCUT2D eigenvalue weighted by Crippen LogP contribution is -2.63. The predicted molar refractivity (Wildman–Crippen MR) is 103 cm³/mol. The van der Waals surface area contributed by atoms with Crippen LogP contribution in [0, 0.1) is 12.8 Å². The predicted octanol–water partition coefficient (Wildman–Crippen LogP) is 3.39. The van der Waals surface area contributed by atoms with Crippen molar-refractivity contribution in [2.24, 2.45) is 5.92 Å². The van der Waals surface area contributed by atoms with Crippen molar-refractivity contribution in [3.63, 3.8) is 0 Å². The summed E-state index contributed by atoms with van der Waals surface area (Å²) in [5.74, 6) is 0.203. The van der Waals surface area contributed by atoms with Crippen LogP contribution in [0.1, 0.15) is 34.6 Å². The summed E-state index contributed by atoms with van der Waals surface area (Å²) in [5.41, 5.74) is 2.61. The van der Waals surface area contributed by atoms with E-state index in [0.717, 1.165) is 34.6 Å². The zero-order chi connectivity index (χ0) is 18.2. The highest BCUT2D eigenvalue weighted by molar-refractivity contribution is 7.14. The van der Waals surface area contributed by atoms with E-state index in [0.29, 0.717) is 17.2 Å². The quantitative estimate of drug-likeness (QED) is 0.705. The van der Waals surface area contributed by atoms with Crippen molar-refractivity contribution >= 4 is 28.2 Å². The highest BCUT2D eigenvalue weighted by Gasteiger charge is 2.64. The Morgan fingerprint density at radius 3 is 3.00 bits per heavy atom. The van der Waals surface area contributed by atoms with E-state index in [1.165, 1.54) is 24.1 Å². The summed E-state index contributed by atoms with van der Waals surface area (Å²) in [4.78, 5) is 20.9. The van der Waals surface area contributed by atoms with Gasteiger partial charge in [-0.2, -0.15) is 5.10 Å². The first-order valence-electron chi connectivity index (χ1n) is 9.51. The SMILES string of the molecule is Cc1cnc(-c2ccc3c(C(=O)OC4CN5CCC56CCC46)n[nH]c3c2)s1. The van der Waals surface area contributed by atoms with Crippen LogP contribution in [0.5, 0.6) is 0 Å². The molecule has 3 fully saturated rings. The molecule has 1 aromatic carbocycles. The van der Waals surface area contributed by atoms with Crippen LogP contribution in [0.25, 0.3) is 21.5 Å². The molecule has 3 aromatic rings. The van der Waals surface area contributed by atoms with Gasteiger partial charge in [0.15, 0.2) is 5.69 Å². The number of carbonyl (C=O) groups excluding carboxylic acids is 1. The maximum atomic E-state index is 12.8. The third kappa shape index (κ3) is 2.12. The van der Waals surface area contributed by atoms with Gasteiger partial charge in [0.25, 0.3) is 0 Å². The number of nitrogens with zero attached hydrogens (tertiary/aromatic N) is 3. The number of nitrogens with one attached hydrogen (secondary N) is 1. The molecule has 6 rings (SSSR count). The highest BCUT2D eigenvalue weighted by Crippen LogP contribution is 2.58. The number of hydrogen-bond acceptors (Lipinski definition) is 6. The van der Waals surface area contributed by atoms with Gasteiger partial charge in [-0.05, 0) is 38.3 Å². The normalized spacial score (nSPS) is 29.1. The van der Waals surface area contributed by atoms with Gasteiger partial charge in [-0.1, -0.05) is 6.07 Å². The Morgan fingerprint density at radius 1 is 1.41 bits per heavy atom. The molecule has 138 valence electrons. The molecule has 1 saturated carbocycles. The fourth-order valence-corrected chi connectivity index (χ4v) is 5.92. The Labute approximate surface area is 160 Å². The molecule has 1 spiro atoms. The van der Waals surface area contributed by atoms with E-state index < -0.39 is 0 Å². The number of aromatic amines is 1. The van der Waals surface area contributed by atoms with Gasteiger partial charge < -0.3 is 4.74 Å². The first-order valence-corrected chi connectivity index (χ1v) is 10.3. The summed E-state index contributed by atoms with van der Waals surface area (Å²) in [5, 5.41) is 9.03. The average molecular weight is 380 g/mol. The number of H-pyrrole nitrogens is 1. The molecule has 27 heavy (non-hydrogen) atoms. The first-order chi connectivity index (χ1) is 13.1. The van der Waals surface area contributed by atoms with Crippen molar-refractivity contribution in [2.45, 2.75) is 37.8 Å². The number of benzene rings is 1. The first kappa shape index (κ1) is 15.8. The fourth-order valence-electron chi connectivity index (χ4n) is 5.16. The van der Waals surface area contributed by atoms with Crippen LogP contribution in [0.4, 0.5) is 0 Å². The minimum atomic E-state index is -0.311. The Morgan fingerprint density at radius 2 is 2.33 bits per heavy atom. The number of thiazole rings is 1. The molecule has 3 atom stereocenters. The van der Waals surface area contributed by atoms with Crippen molar-refractivity contribution in [3.8, 4) is 10.6 Å². The summed E-state index contributed by atoms with van der Waals surface area (Å²) in [6, 6.07) is 5.93. The number of aromatic nitrogens is 3. The minimum absolute atomic E-state index is 0.0121. The van der Waals surface area contributed by atoms with Gasteiger partial charge in [0.1, 0.15) is 11.1 Å². The molecule has 4 heterocycles. The number of rotatable bonds is 3. The van der Waals surface area contributed by atoms with E-state index in [-0.39, 0.29) is 12.1 Å². The largest absolute Gasteiger partial charge is 0.456 e. The monoisotopic (exact) mass is 380 g/mol. The lowest BCUT2D eigenvalue weighted by molar-refractivity contribution is -0.0772. The lowest BCUT2D eigenvalue weighted by atomic mass is 9.61. The Kier molecular flexibility index (Phi) is 3.15. The number of ether oxygens (including phenoxy) is 1. The standard InChI is InChI=1S/C20H20N4O2S/c1-11-9-21-18(27-11)12-2-3-13-15(8-12)22-23-17(13)19(25)26-16-10-24-7-6-20(24)5-4-14(16)20/h2-3,8-9,14,16H,4-7,10H2,1H3,(H,22,23). The van der Waals surface area contributed by atoms with Crippen LogP contribution < -0.4 is 0 Å². The van der Waals surface area contributed by atoms with Crippen molar-refractivity contribution < 1.29 is 9.53 Å². The Balaban J connectivity index is 1.26. The molecule has 1 aliphatic carbocycles. The molecule has 7 heteroatoms. The van der Waals surface area contributed by atoms with Gasteiger partial charge in [0, 0.05) is 46.6 Å².